The van der Waals surface area contributed by atoms with Crippen molar-refractivity contribution in [2.24, 2.45) is 0 Å². The monoisotopic (exact) mass is 267 g/mol. The van der Waals surface area contributed by atoms with Crippen LogP contribution in [0, 0.1) is 0 Å². The quantitative estimate of drug-likeness (QED) is 0.925. The molecular formula is C17H17NO2. The Bertz CT molecular complexity index is 603. The number of hydrogen-bond donors (Lipinski definition) is 1. The minimum absolute atomic E-state index is 0.364. The zero-order valence-corrected chi connectivity index (χ0v) is 11.2. The maximum Gasteiger partial charge on any atom is 0.335 e. The van der Waals surface area contributed by atoms with E-state index in [9.17, 15) is 4.79 Å². The third-order valence-corrected chi connectivity index (χ3v) is 3.81. The van der Waals surface area contributed by atoms with Crippen molar-refractivity contribution in [1.82, 2.24) is 4.90 Å². The van der Waals surface area contributed by atoms with Crippen LogP contribution in [0.2, 0.25) is 0 Å². The summed E-state index contributed by atoms with van der Waals surface area (Å²) in [6, 6.07) is 17.7. The van der Waals surface area contributed by atoms with Gasteiger partial charge < -0.3 is 5.11 Å². The van der Waals surface area contributed by atoms with Crippen molar-refractivity contribution < 1.29 is 9.90 Å². The van der Waals surface area contributed by atoms with Crippen LogP contribution >= 0.6 is 0 Å². The highest BCUT2D eigenvalue weighted by Crippen LogP contribution is 2.28. The number of rotatable bonds is 4. The number of nitrogens with zero attached hydrogens (tertiary/aromatic N) is 1. The fourth-order valence-corrected chi connectivity index (χ4v) is 2.70. The largest absolute Gasteiger partial charge is 0.478 e. The van der Waals surface area contributed by atoms with Gasteiger partial charge in [-0.05, 0) is 23.3 Å². The van der Waals surface area contributed by atoms with Crippen LogP contribution in [0.25, 0.3) is 0 Å². The molecule has 20 heavy (non-hydrogen) atoms. The fraction of sp³-hybridized carbons (Fsp3) is 0.235. The second-order valence-electron chi connectivity index (χ2n) is 5.31. The summed E-state index contributed by atoms with van der Waals surface area (Å²) in [4.78, 5) is 13.3. The van der Waals surface area contributed by atoms with E-state index in [2.05, 4.69) is 29.2 Å². The SMILES string of the molecule is O=C(O)c1cccc(CN2CC(c3ccccc3)C2)c1. The Morgan fingerprint density at radius 1 is 1.10 bits per heavy atom. The second kappa shape index (κ2) is 5.47. The van der Waals surface area contributed by atoms with E-state index in [1.54, 1.807) is 12.1 Å². The molecule has 0 aromatic heterocycles. The lowest BCUT2D eigenvalue weighted by molar-refractivity contribution is 0.0696. The summed E-state index contributed by atoms with van der Waals surface area (Å²) < 4.78 is 0. The summed E-state index contributed by atoms with van der Waals surface area (Å²) in [5.41, 5.74) is 2.82. The summed E-state index contributed by atoms with van der Waals surface area (Å²) >= 11 is 0. The molecule has 1 saturated heterocycles. The topological polar surface area (TPSA) is 40.5 Å². The Morgan fingerprint density at radius 2 is 1.85 bits per heavy atom. The molecule has 0 bridgehead atoms. The Kier molecular flexibility index (Phi) is 3.52. The van der Waals surface area contributed by atoms with Crippen molar-refractivity contribution in [3.8, 4) is 0 Å². The van der Waals surface area contributed by atoms with Crippen molar-refractivity contribution in [3.05, 3.63) is 71.3 Å². The van der Waals surface area contributed by atoms with E-state index < -0.39 is 5.97 Å². The lowest BCUT2D eigenvalue weighted by Gasteiger charge is -2.39. The highest BCUT2D eigenvalue weighted by atomic mass is 16.4. The number of carbonyl (C=O) groups is 1. The van der Waals surface area contributed by atoms with Gasteiger partial charge in [0, 0.05) is 25.6 Å². The molecule has 3 heteroatoms. The zero-order chi connectivity index (χ0) is 13.9. The van der Waals surface area contributed by atoms with Crippen molar-refractivity contribution in [2.45, 2.75) is 12.5 Å². The van der Waals surface area contributed by atoms with Crippen LogP contribution in [-0.2, 0) is 6.54 Å². The molecule has 0 radical (unpaired) electrons. The molecule has 102 valence electrons. The minimum Gasteiger partial charge on any atom is -0.478 e. The molecule has 1 aliphatic heterocycles. The third kappa shape index (κ3) is 2.73. The highest BCUT2D eigenvalue weighted by Gasteiger charge is 2.27. The lowest BCUT2D eigenvalue weighted by Crippen LogP contribution is -2.44. The van der Waals surface area contributed by atoms with Crippen molar-refractivity contribution in [1.29, 1.82) is 0 Å². The number of likely N-dealkylation sites (tertiary alicyclic amines) is 1. The maximum absolute atomic E-state index is 10.9. The molecule has 0 saturated carbocycles. The van der Waals surface area contributed by atoms with Crippen LogP contribution in [0.5, 0.6) is 0 Å². The van der Waals surface area contributed by atoms with E-state index in [1.807, 2.05) is 18.2 Å². The van der Waals surface area contributed by atoms with Crippen LogP contribution in [0.3, 0.4) is 0 Å². The van der Waals surface area contributed by atoms with Gasteiger partial charge in [0.25, 0.3) is 0 Å². The number of carboxylic acids is 1. The van der Waals surface area contributed by atoms with Crippen LogP contribution in [0.4, 0.5) is 0 Å². The Hall–Kier alpha value is -2.13. The molecule has 3 rings (SSSR count). The summed E-state index contributed by atoms with van der Waals surface area (Å²) in [5, 5.41) is 8.99. The van der Waals surface area contributed by atoms with Gasteiger partial charge in [0.15, 0.2) is 0 Å². The van der Waals surface area contributed by atoms with Gasteiger partial charge in [-0.15, -0.1) is 0 Å². The number of carboxylic acid groups (broad SMARTS) is 1. The molecule has 0 atom stereocenters. The normalized spacial score (nSPS) is 15.8. The van der Waals surface area contributed by atoms with Gasteiger partial charge in [-0.25, -0.2) is 4.79 Å². The summed E-state index contributed by atoms with van der Waals surface area (Å²) in [6.07, 6.45) is 0. The first-order valence-electron chi connectivity index (χ1n) is 6.82. The van der Waals surface area contributed by atoms with Crippen LogP contribution in [-0.4, -0.2) is 29.1 Å². The molecular weight excluding hydrogens is 250 g/mol. The molecule has 1 fully saturated rings. The van der Waals surface area contributed by atoms with Crippen LogP contribution in [0.15, 0.2) is 54.6 Å². The molecule has 0 unspecified atom stereocenters. The molecule has 1 N–H and O–H groups in total. The number of aromatic carboxylic acids is 1. The van der Waals surface area contributed by atoms with E-state index in [1.165, 1.54) is 5.56 Å². The van der Waals surface area contributed by atoms with E-state index in [4.69, 9.17) is 5.11 Å². The van der Waals surface area contributed by atoms with E-state index in [-0.39, 0.29) is 0 Å². The van der Waals surface area contributed by atoms with Gasteiger partial charge in [0.2, 0.25) is 0 Å². The van der Waals surface area contributed by atoms with Gasteiger partial charge in [-0.3, -0.25) is 4.90 Å². The van der Waals surface area contributed by atoms with Gasteiger partial charge in [-0.2, -0.15) is 0 Å². The van der Waals surface area contributed by atoms with Crippen molar-refractivity contribution >= 4 is 5.97 Å². The van der Waals surface area contributed by atoms with Gasteiger partial charge in [0.05, 0.1) is 5.56 Å². The minimum atomic E-state index is -0.863. The van der Waals surface area contributed by atoms with E-state index in [0.717, 1.165) is 25.2 Å². The first-order valence-corrected chi connectivity index (χ1v) is 6.82. The molecule has 1 heterocycles. The second-order valence-corrected chi connectivity index (χ2v) is 5.31. The molecule has 2 aromatic carbocycles. The van der Waals surface area contributed by atoms with E-state index in [0.29, 0.717) is 11.5 Å². The summed E-state index contributed by atoms with van der Waals surface area (Å²) in [6.45, 7) is 2.91. The average Bonchev–Trinajstić information content (AvgIpc) is 2.43. The van der Waals surface area contributed by atoms with Crippen LogP contribution in [0.1, 0.15) is 27.4 Å². The molecule has 0 spiro atoms. The van der Waals surface area contributed by atoms with Gasteiger partial charge in [-0.1, -0.05) is 42.5 Å². The number of benzene rings is 2. The fourth-order valence-electron chi connectivity index (χ4n) is 2.70. The van der Waals surface area contributed by atoms with Crippen molar-refractivity contribution in [2.75, 3.05) is 13.1 Å². The lowest BCUT2D eigenvalue weighted by atomic mass is 9.91. The van der Waals surface area contributed by atoms with Crippen LogP contribution < -0.4 is 0 Å². The van der Waals surface area contributed by atoms with E-state index >= 15 is 0 Å². The summed E-state index contributed by atoms with van der Waals surface area (Å²) in [7, 11) is 0. The van der Waals surface area contributed by atoms with Gasteiger partial charge in [0.1, 0.15) is 0 Å². The third-order valence-electron chi connectivity index (χ3n) is 3.81. The standard InChI is InChI=1S/C17H17NO2/c19-17(20)15-8-4-5-13(9-15)10-18-11-16(12-18)14-6-2-1-3-7-14/h1-9,16H,10-12H2,(H,19,20). The average molecular weight is 267 g/mol. The first kappa shape index (κ1) is 12.9. The highest BCUT2D eigenvalue weighted by molar-refractivity contribution is 5.87. The molecule has 3 nitrogen and oxygen atoms in total. The predicted molar refractivity (Wildman–Crippen MR) is 77.9 cm³/mol. The number of hydrogen-bond acceptors (Lipinski definition) is 2. The predicted octanol–water partition coefficient (Wildman–Crippen LogP) is 2.98. The first-order chi connectivity index (χ1) is 9.72. The van der Waals surface area contributed by atoms with Gasteiger partial charge >= 0.3 is 5.97 Å². The Morgan fingerprint density at radius 3 is 2.55 bits per heavy atom. The molecule has 0 aliphatic carbocycles. The zero-order valence-electron chi connectivity index (χ0n) is 11.2. The smallest absolute Gasteiger partial charge is 0.335 e. The van der Waals surface area contributed by atoms with Crippen molar-refractivity contribution in [3.63, 3.8) is 0 Å². The molecule has 2 aromatic rings. The molecule has 1 aliphatic rings. The Balaban J connectivity index is 1.59. The maximum atomic E-state index is 10.9. The Labute approximate surface area is 118 Å². The molecule has 0 amide bonds. The summed E-state index contributed by atoms with van der Waals surface area (Å²) in [5.74, 6) is -0.253.